The zero-order valence-electron chi connectivity index (χ0n) is 14.3. The van der Waals surface area contributed by atoms with Gasteiger partial charge in [-0.2, -0.15) is 0 Å². The number of carbonyl (C=O) groups is 2. The van der Waals surface area contributed by atoms with Crippen molar-refractivity contribution in [2.75, 3.05) is 39.8 Å². The Bertz CT molecular complexity index is 559. The first-order chi connectivity index (χ1) is 11.0. The van der Waals surface area contributed by atoms with Gasteiger partial charge in [-0.1, -0.05) is 24.6 Å². The smallest absolute Gasteiger partial charge is 0.253 e. The molecule has 0 radical (unpaired) electrons. The van der Waals surface area contributed by atoms with E-state index in [9.17, 15) is 9.59 Å². The molecule has 5 heteroatoms. The number of rotatable bonds is 4. The lowest BCUT2D eigenvalue weighted by atomic mass is 10.1. The average Bonchev–Trinajstić information content (AvgIpc) is 2.79. The number of amides is 2. The molecule has 1 aromatic carbocycles. The van der Waals surface area contributed by atoms with Crippen LogP contribution in [0.1, 0.15) is 29.3 Å². The summed E-state index contributed by atoms with van der Waals surface area (Å²) in [6.07, 6.45) is 0.829. The molecule has 1 aliphatic rings. The molecule has 126 valence electrons. The lowest BCUT2D eigenvalue weighted by molar-refractivity contribution is -0.134. The number of carbonyl (C=O) groups excluding carboxylic acids is 2. The van der Waals surface area contributed by atoms with Crippen LogP contribution in [0, 0.1) is 12.8 Å². The van der Waals surface area contributed by atoms with Crippen molar-refractivity contribution in [1.82, 2.24) is 15.1 Å². The summed E-state index contributed by atoms with van der Waals surface area (Å²) in [5.74, 6) is 0.203. The summed E-state index contributed by atoms with van der Waals surface area (Å²) < 4.78 is 0. The fourth-order valence-corrected chi connectivity index (χ4v) is 3.01. The van der Waals surface area contributed by atoms with Crippen LogP contribution in [0.15, 0.2) is 24.3 Å². The number of nitrogens with zero attached hydrogens (tertiary/aromatic N) is 2. The SMILES string of the molecule is CNCC(C)C(=O)N1CCCN(C(=O)c2cccc(C)c2)CC1. The van der Waals surface area contributed by atoms with E-state index in [0.29, 0.717) is 26.2 Å². The third-order valence-electron chi connectivity index (χ3n) is 4.29. The van der Waals surface area contributed by atoms with Crippen molar-refractivity contribution in [2.24, 2.45) is 5.92 Å². The Kier molecular flexibility index (Phi) is 6.16. The van der Waals surface area contributed by atoms with E-state index in [1.807, 2.05) is 55.0 Å². The summed E-state index contributed by atoms with van der Waals surface area (Å²) in [6.45, 7) is 7.26. The van der Waals surface area contributed by atoms with E-state index >= 15 is 0 Å². The summed E-state index contributed by atoms with van der Waals surface area (Å²) in [5.41, 5.74) is 1.82. The van der Waals surface area contributed by atoms with Crippen LogP contribution in [0.3, 0.4) is 0 Å². The molecule has 5 nitrogen and oxygen atoms in total. The fourth-order valence-electron chi connectivity index (χ4n) is 3.01. The molecule has 1 atom stereocenters. The van der Waals surface area contributed by atoms with Gasteiger partial charge >= 0.3 is 0 Å². The fraction of sp³-hybridized carbons (Fsp3) is 0.556. The summed E-state index contributed by atoms with van der Waals surface area (Å²) >= 11 is 0. The topological polar surface area (TPSA) is 52.7 Å². The van der Waals surface area contributed by atoms with E-state index < -0.39 is 0 Å². The Labute approximate surface area is 138 Å². The molecule has 1 aliphatic heterocycles. The van der Waals surface area contributed by atoms with Crippen LogP contribution in [0.4, 0.5) is 0 Å². The van der Waals surface area contributed by atoms with Gasteiger partial charge in [-0.05, 0) is 32.5 Å². The Balaban J connectivity index is 1.98. The van der Waals surface area contributed by atoms with Crippen LogP contribution >= 0.6 is 0 Å². The quantitative estimate of drug-likeness (QED) is 0.916. The van der Waals surface area contributed by atoms with Crippen LogP contribution in [-0.4, -0.2) is 61.4 Å². The highest BCUT2D eigenvalue weighted by Crippen LogP contribution is 2.12. The van der Waals surface area contributed by atoms with E-state index in [0.717, 1.165) is 24.1 Å². The van der Waals surface area contributed by atoms with Crippen molar-refractivity contribution >= 4 is 11.8 Å². The molecule has 2 rings (SSSR count). The highest BCUT2D eigenvalue weighted by molar-refractivity contribution is 5.94. The molecule has 2 amide bonds. The maximum absolute atomic E-state index is 12.6. The molecule has 0 aliphatic carbocycles. The van der Waals surface area contributed by atoms with E-state index in [-0.39, 0.29) is 17.7 Å². The highest BCUT2D eigenvalue weighted by atomic mass is 16.2. The minimum absolute atomic E-state index is 0.0287. The Morgan fingerprint density at radius 1 is 1.17 bits per heavy atom. The first-order valence-electron chi connectivity index (χ1n) is 8.32. The van der Waals surface area contributed by atoms with Crippen molar-refractivity contribution in [3.63, 3.8) is 0 Å². The van der Waals surface area contributed by atoms with Crippen LogP contribution in [-0.2, 0) is 4.79 Å². The normalized spacial score (nSPS) is 16.8. The van der Waals surface area contributed by atoms with Crippen LogP contribution < -0.4 is 5.32 Å². The van der Waals surface area contributed by atoms with Gasteiger partial charge in [-0.25, -0.2) is 0 Å². The molecular formula is C18H27N3O2. The summed E-state index contributed by atoms with van der Waals surface area (Å²) in [5, 5.41) is 3.04. The van der Waals surface area contributed by atoms with Gasteiger partial charge in [0.15, 0.2) is 0 Å². The first kappa shape index (κ1) is 17.5. The molecule has 0 spiro atoms. The maximum Gasteiger partial charge on any atom is 0.253 e. The molecule has 1 heterocycles. The largest absolute Gasteiger partial charge is 0.341 e. The lowest BCUT2D eigenvalue weighted by Gasteiger charge is -2.24. The van der Waals surface area contributed by atoms with Crippen LogP contribution in [0.5, 0.6) is 0 Å². The number of benzene rings is 1. The minimum Gasteiger partial charge on any atom is -0.341 e. The van der Waals surface area contributed by atoms with Crippen molar-refractivity contribution in [3.05, 3.63) is 35.4 Å². The monoisotopic (exact) mass is 317 g/mol. The van der Waals surface area contributed by atoms with Crippen molar-refractivity contribution in [1.29, 1.82) is 0 Å². The second-order valence-corrected chi connectivity index (χ2v) is 6.30. The molecule has 1 saturated heterocycles. The lowest BCUT2D eigenvalue weighted by Crippen LogP contribution is -2.41. The van der Waals surface area contributed by atoms with Gasteiger partial charge in [0.2, 0.25) is 5.91 Å². The molecule has 1 aromatic rings. The number of nitrogens with one attached hydrogen (secondary N) is 1. The van der Waals surface area contributed by atoms with Crippen molar-refractivity contribution in [2.45, 2.75) is 20.3 Å². The Hall–Kier alpha value is -1.88. The number of aryl methyl sites for hydroxylation is 1. The first-order valence-corrected chi connectivity index (χ1v) is 8.32. The van der Waals surface area contributed by atoms with Gasteiger partial charge in [-0.3, -0.25) is 9.59 Å². The average molecular weight is 317 g/mol. The van der Waals surface area contributed by atoms with Gasteiger partial charge in [0.25, 0.3) is 5.91 Å². The van der Waals surface area contributed by atoms with Crippen LogP contribution in [0.25, 0.3) is 0 Å². The maximum atomic E-state index is 12.6. The Morgan fingerprint density at radius 2 is 1.87 bits per heavy atom. The summed E-state index contributed by atoms with van der Waals surface area (Å²) in [4.78, 5) is 28.8. The molecule has 1 fully saturated rings. The zero-order chi connectivity index (χ0) is 16.8. The predicted octanol–water partition coefficient (Wildman–Crippen LogP) is 1.53. The molecule has 23 heavy (non-hydrogen) atoms. The van der Waals surface area contributed by atoms with Gasteiger partial charge in [0.1, 0.15) is 0 Å². The van der Waals surface area contributed by atoms with E-state index in [1.165, 1.54) is 0 Å². The zero-order valence-corrected chi connectivity index (χ0v) is 14.3. The van der Waals surface area contributed by atoms with Gasteiger partial charge in [-0.15, -0.1) is 0 Å². The molecule has 1 unspecified atom stereocenters. The summed E-state index contributed by atoms with van der Waals surface area (Å²) in [6, 6.07) is 7.68. The van der Waals surface area contributed by atoms with E-state index in [1.54, 1.807) is 0 Å². The highest BCUT2D eigenvalue weighted by Gasteiger charge is 2.25. The summed E-state index contributed by atoms with van der Waals surface area (Å²) in [7, 11) is 1.86. The third kappa shape index (κ3) is 4.55. The predicted molar refractivity (Wildman–Crippen MR) is 91.4 cm³/mol. The molecule has 1 N–H and O–H groups in total. The minimum atomic E-state index is -0.0287. The van der Waals surface area contributed by atoms with Crippen molar-refractivity contribution < 1.29 is 9.59 Å². The molecule has 0 saturated carbocycles. The third-order valence-corrected chi connectivity index (χ3v) is 4.29. The van der Waals surface area contributed by atoms with Gasteiger partial charge < -0.3 is 15.1 Å². The van der Waals surface area contributed by atoms with Crippen molar-refractivity contribution in [3.8, 4) is 0 Å². The van der Waals surface area contributed by atoms with E-state index in [4.69, 9.17) is 0 Å². The van der Waals surface area contributed by atoms with Gasteiger partial charge in [0.05, 0.1) is 0 Å². The van der Waals surface area contributed by atoms with Gasteiger partial charge in [0, 0.05) is 44.2 Å². The van der Waals surface area contributed by atoms with E-state index in [2.05, 4.69) is 5.32 Å². The molecule has 0 aromatic heterocycles. The number of hydrogen-bond donors (Lipinski definition) is 1. The molecule has 0 bridgehead atoms. The van der Waals surface area contributed by atoms with Crippen LogP contribution in [0.2, 0.25) is 0 Å². The molecular weight excluding hydrogens is 290 g/mol. The second-order valence-electron chi connectivity index (χ2n) is 6.30. The second kappa shape index (κ2) is 8.11. The standard InChI is InChI=1S/C18H27N3O2/c1-14-6-4-7-16(12-14)18(23)21-9-5-8-20(10-11-21)17(22)15(2)13-19-3/h4,6-7,12,15,19H,5,8-11,13H2,1-3H3. The Morgan fingerprint density at radius 3 is 2.57 bits per heavy atom. The number of hydrogen-bond acceptors (Lipinski definition) is 3.